The van der Waals surface area contributed by atoms with Gasteiger partial charge in [-0.1, -0.05) is 12.8 Å². The van der Waals surface area contributed by atoms with E-state index in [0.29, 0.717) is 19.5 Å². The van der Waals surface area contributed by atoms with Crippen molar-refractivity contribution in [3.8, 4) is 0 Å². The molecule has 1 aliphatic heterocycles. The molecule has 0 unspecified atom stereocenters. The summed E-state index contributed by atoms with van der Waals surface area (Å²) < 4.78 is 0. The molecule has 1 fully saturated rings. The van der Waals surface area contributed by atoms with Crippen molar-refractivity contribution in [3.05, 3.63) is 0 Å². The quantitative estimate of drug-likeness (QED) is 0.620. The van der Waals surface area contributed by atoms with E-state index >= 15 is 0 Å². The van der Waals surface area contributed by atoms with E-state index in [0.717, 1.165) is 32.2 Å². The molecule has 0 atom stereocenters. The largest absolute Gasteiger partial charge is 0.353 e. The van der Waals surface area contributed by atoms with Crippen molar-refractivity contribution < 1.29 is 9.59 Å². The highest BCUT2D eigenvalue weighted by Gasteiger charge is 2.20. The average Bonchev–Trinajstić information content (AvgIpc) is 2.28. The van der Waals surface area contributed by atoms with Gasteiger partial charge in [0.1, 0.15) is 0 Å². The van der Waals surface area contributed by atoms with E-state index in [2.05, 4.69) is 5.32 Å². The molecule has 3 N–H and O–H groups in total. The van der Waals surface area contributed by atoms with Gasteiger partial charge in [0.05, 0.1) is 6.54 Å². The maximum Gasteiger partial charge on any atom is 0.239 e. The van der Waals surface area contributed by atoms with Crippen molar-refractivity contribution in [1.29, 1.82) is 0 Å². The van der Waals surface area contributed by atoms with Gasteiger partial charge in [-0.25, -0.2) is 0 Å². The first-order valence-electron chi connectivity index (χ1n) is 5.98. The van der Waals surface area contributed by atoms with Crippen LogP contribution in [0.2, 0.25) is 0 Å². The molecule has 0 bridgehead atoms. The number of nitrogens with one attached hydrogen (secondary N) is 1. The van der Waals surface area contributed by atoms with Gasteiger partial charge in [0.15, 0.2) is 0 Å². The van der Waals surface area contributed by atoms with Crippen LogP contribution in [0.3, 0.4) is 0 Å². The Morgan fingerprint density at radius 2 is 2.06 bits per heavy atom. The molecule has 0 aromatic rings. The number of hydrogen-bond acceptors (Lipinski definition) is 3. The summed E-state index contributed by atoms with van der Waals surface area (Å²) in [5, 5.41) is 2.70. The van der Waals surface area contributed by atoms with E-state index in [1.54, 1.807) is 4.90 Å². The van der Waals surface area contributed by atoms with Crippen LogP contribution in [0.25, 0.3) is 0 Å². The molecule has 1 heterocycles. The molecule has 0 radical (unpaired) electrons. The van der Waals surface area contributed by atoms with Crippen LogP contribution in [0.5, 0.6) is 0 Å². The molecular formula is C11H21N3O2. The van der Waals surface area contributed by atoms with Crippen LogP contribution in [0, 0.1) is 0 Å². The Balaban J connectivity index is 2.11. The fourth-order valence-electron chi connectivity index (χ4n) is 1.78. The average molecular weight is 227 g/mol. The van der Waals surface area contributed by atoms with Gasteiger partial charge in [0.25, 0.3) is 0 Å². The van der Waals surface area contributed by atoms with Gasteiger partial charge in [-0.15, -0.1) is 0 Å². The highest BCUT2D eigenvalue weighted by molar-refractivity contribution is 5.85. The second-order valence-electron chi connectivity index (χ2n) is 4.12. The van der Waals surface area contributed by atoms with Crippen LogP contribution >= 0.6 is 0 Å². The third-order valence-electron chi connectivity index (χ3n) is 2.74. The van der Waals surface area contributed by atoms with Gasteiger partial charge >= 0.3 is 0 Å². The summed E-state index contributed by atoms with van der Waals surface area (Å²) in [5.41, 5.74) is 5.38. The maximum absolute atomic E-state index is 11.7. The van der Waals surface area contributed by atoms with Crippen LogP contribution in [0.15, 0.2) is 0 Å². The highest BCUT2D eigenvalue weighted by atomic mass is 16.2. The monoisotopic (exact) mass is 227 g/mol. The molecule has 0 aromatic heterocycles. The molecular weight excluding hydrogens is 206 g/mol. The van der Waals surface area contributed by atoms with Gasteiger partial charge in [0.2, 0.25) is 11.8 Å². The third kappa shape index (κ3) is 4.61. The molecule has 1 saturated heterocycles. The lowest BCUT2D eigenvalue weighted by Crippen LogP contribution is -2.49. The van der Waals surface area contributed by atoms with Crippen molar-refractivity contribution >= 4 is 11.8 Å². The van der Waals surface area contributed by atoms with Gasteiger partial charge < -0.3 is 16.0 Å². The van der Waals surface area contributed by atoms with E-state index < -0.39 is 0 Å². The summed E-state index contributed by atoms with van der Waals surface area (Å²) in [4.78, 5) is 24.4. The van der Waals surface area contributed by atoms with Gasteiger partial charge in [-0.3, -0.25) is 9.59 Å². The minimum absolute atomic E-state index is 0.0530. The number of nitrogens with zero attached hydrogens (tertiary/aromatic N) is 1. The summed E-state index contributed by atoms with van der Waals surface area (Å²) in [7, 11) is 0. The van der Waals surface area contributed by atoms with E-state index in [1.165, 1.54) is 0 Å². The second kappa shape index (κ2) is 7.22. The number of rotatable bonds is 6. The lowest BCUT2D eigenvalue weighted by molar-refractivity contribution is -0.138. The molecule has 0 aliphatic carbocycles. The molecule has 0 spiro atoms. The van der Waals surface area contributed by atoms with E-state index in [-0.39, 0.29) is 18.4 Å². The van der Waals surface area contributed by atoms with Crippen molar-refractivity contribution in [3.63, 3.8) is 0 Å². The molecule has 1 rings (SSSR count). The Hall–Kier alpha value is -1.10. The Morgan fingerprint density at radius 3 is 2.75 bits per heavy atom. The SMILES string of the molecule is NCCCCCCC(=O)N1CCNC(=O)C1. The van der Waals surface area contributed by atoms with Crippen molar-refractivity contribution in [1.82, 2.24) is 10.2 Å². The van der Waals surface area contributed by atoms with Crippen molar-refractivity contribution in [2.75, 3.05) is 26.2 Å². The highest BCUT2D eigenvalue weighted by Crippen LogP contribution is 2.06. The van der Waals surface area contributed by atoms with Crippen LogP contribution in [0.4, 0.5) is 0 Å². The smallest absolute Gasteiger partial charge is 0.239 e. The van der Waals surface area contributed by atoms with E-state index in [9.17, 15) is 9.59 Å². The predicted molar refractivity (Wildman–Crippen MR) is 61.7 cm³/mol. The lowest BCUT2D eigenvalue weighted by atomic mass is 10.1. The number of carbonyl (C=O) groups excluding carboxylic acids is 2. The van der Waals surface area contributed by atoms with Crippen LogP contribution in [-0.4, -0.2) is 42.9 Å². The number of amides is 2. The zero-order chi connectivity index (χ0) is 11.8. The summed E-state index contributed by atoms with van der Waals surface area (Å²) in [6.07, 6.45) is 4.61. The van der Waals surface area contributed by atoms with Gasteiger partial charge in [0, 0.05) is 19.5 Å². The van der Waals surface area contributed by atoms with E-state index in [4.69, 9.17) is 5.73 Å². The molecule has 92 valence electrons. The topological polar surface area (TPSA) is 75.4 Å². The van der Waals surface area contributed by atoms with Crippen LogP contribution in [-0.2, 0) is 9.59 Å². The first-order valence-corrected chi connectivity index (χ1v) is 5.98. The molecule has 2 amide bonds. The zero-order valence-corrected chi connectivity index (χ0v) is 9.71. The molecule has 16 heavy (non-hydrogen) atoms. The number of carbonyl (C=O) groups is 2. The van der Waals surface area contributed by atoms with E-state index in [1.807, 2.05) is 0 Å². The van der Waals surface area contributed by atoms with Gasteiger partial charge in [-0.05, 0) is 19.4 Å². The van der Waals surface area contributed by atoms with Crippen LogP contribution in [0.1, 0.15) is 32.1 Å². The summed E-state index contributed by atoms with van der Waals surface area (Å²) in [5.74, 6) is 0.0466. The molecule has 0 aromatic carbocycles. The van der Waals surface area contributed by atoms with Gasteiger partial charge in [-0.2, -0.15) is 0 Å². The summed E-state index contributed by atoms with van der Waals surface area (Å²) in [6.45, 7) is 2.17. The van der Waals surface area contributed by atoms with Crippen molar-refractivity contribution in [2.45, 2.75) is 32.1 Å². The number of unbranched alkanes of at least 4 members (excludes halogenated alkanes) is 3. The minimum Gasteiger partial charge on any atom is -0.353 e. The van der Waals surface area contributed by atoms with Crippen LogP contribution < -0.4 is 11.1 Å². The first kappa shape index (κ1) is 13.0. The standard InChI is InChI=1S/C11H21N3O2/c12-6-4-2-1-3-5-11(16)14-8-7-13-10(15)9-14/h1-9,12H2,(H,13,15). The maximum atomic E-state index is 11.7. The number of hydrogen-bond donors (Lipinski definition) is 2. The Morgan fingerprint density at radius 1 is 1.31 bits per heavy atom. The molecule has 1 aliphatic rings. The molecule has 0 saturated carbocycles. The number of nitrogens with two attached hydrogens (primary N) is 1. The summed E-state index contributed by atoms with van der Waals surface area (Å²) in [6, 6.07) is 0. The predicted octanol–water partition coefficient (Wildman–Crippen LogP) is -0.146. The Bertz CT molecular complexity index is 243. The first-order chi connectivity index (χ1) is 7.74. The summed E-state index contributed by atoms with van der Waals surface area (Å²) >= 11 is 0. The van der Waals surface area contributed by atoms with Crippen molar-refractivity contribution in [2.24, 2.45) is 5.73 Å². The Labute approximate surface area is 96.4 Å². The number of piperazine rings is 1. The fourth-order valence-corrected chi connectivity index (χ4v) is 1.78. The normalized spacial score (nSPS) is 16.1. The zero-order valence-electron chi connectivity index (χ0n) is 9.71. The lowest BCUT2D eigenvalue weighted by Gasteiger charge is -2.26. The Kier molecular flexibility index (Phi) is 5.85. The molecule has 5 nitrogen and oxygen atoms in total. The third-order valence-corrected chi connectivity index (χ3v) is 2.74. The molecule has 5 heteroatoms. The fraction of sp³-hybridized carbons (Fsp3) is 0.818. The minimum atomic E-state index is -0.0530. The second-order valence-corrected chi connectivity index (χ2v) is 4.12.